The van der Waals surface area contributed by atoms with Gasteiger partial charge in [-0.1, -0.05) is 36.4 Å². The molecule has 3 aliphatic heterocycles. The Morgan fingerprint density at radius 2 is 1.68 bits per heavy atom. The lowest BCUT2D eigenvalue weighted by molar-refractivity contribution is -0.123. The van der Waals surface area contributed by atoms with Crippen molar-refractivity contribution in [2.24, 2.45) is 4.99 Å². The normalized spacial score (nSPS) is 22.5. The van der Waals surface area contributed by atoms with Crippen molar-refractivity contribution in [1.82, 2.24) is 34.1 Å². The van der Waals surface area contributed by atoms with Crippen molar-refractivity contribution in [2.45, 2.75) is 69.6 Å². The number of carbonyl (C=O) groups is 1. The van der Waals surface area contributed by atoms with Gasteiger partial charge in [0.2, 0.25) is 5.91 Å². The Hall–Kier alpha value is -4.72. The average molecular weight is 723 g/mol. The summed E-state index contributed by atoms with van der Waals surface area (Å²) in [5, 5.41) is 12.5. The molecule has 0 spiro atoms. The van der Waals surface area contributed by atoms with Gasteiger partial charge in [-0.05, 0) is 73.4 Å². The largest absolute Gasteiger partial charge is 0.395 e. The zero-order valence-corrected chi connectivity index (χ0v) is 30.0. The van der Waals surface area contributed by atoms with Gasteiger partial charge >= 0.3 is 5.69 Å². The number of hydrogen-bond donors (Lipinski definition) is 2. The summed E-state index contributed by atoms with van der Waals surface area (Å²) >= 11 is 0. The number of rotatable bonds is 9. The molecule has 2 N–H and O–H groups in total. The number of amidine groups is 1. The van der Waals surface area contributed by atoms with Gasteiger partial charge in [-0.3, -0.25) is 28.9 Å². The molecule has 4 aromatic rings. The zero-order chi connectivity index (χ0) is 36.5. The molecule has 8 rings (SSSR count). The fourth-order valence-electron chi connectivity index (χ4n) is 8.50. The van der Waals surface area contributed by atoms with Crippen molar-refractivity contribution in [1.29, 1.82) is 0 Å². The van der Waals surface area contributed by atoms with Gasteiger partial charge in [-0.15, -0.1) is 0 Å². The number of aromatic nitrogens is 3. The number of nitrogens with one attached hydrogen (secondary N) is 1. The second-order valence-electron chi connectivity index (χ2n) is 14.9. The lowest BCUT2D eigenvalue weighted by Crippen LogP contribution is -2.47. The summed E-state index contributed by atoms with van der Waals surface area (Å²) < 4.78 is 17.3. The molecule has 1 aliphatic carbocycles. The molecule has 0 bridgehead atoms. The van der Waals surface area contributed by atoms with E-state index in [2.05, 4.69) is 54.3 Å². The summed E-state index contributed by atoms with van der Waals surface area (Å²) in [4.78, 5) is 57.3. The molecule has 1 atom stereocenters. The van der Waals surface area contributed by atoms with Crippen LogP contribution in [0.25, 0.3) is 27.8 Å². The standard InChI is InChI=1S/C40H47FN8O4/c41-30-23-34-37(42-24-30)48(33-5-3-4-29(22-33)28-9-7-27(8-10-28)25-46-18-16-45(17-19-46)20-21-50)40(53)49(39(34)52)32-13-11-31(12-14-32)43-38(51)35-26-47-15-2-1-6-36(47)44-35/h3-5,7-10,22-24,31-32,35,50H,1-2,6,11-21,25-26H2,(H,43,51). The van der Waals surface area contributed by atoms with Crippen LogP contribution < -0.4 is 16.6 Å². The van der Waals surface area contributed by atoms with Crippen molar-refractivity contribution in [2.75, 3.05) is 52.4 Å². The summed E-state index contributed by atoms with van der Waals surface area (Å²) in [6.45, 7) is 7.15. The van der Waals surface area contributed by atoms with E-state index in [9.17, 15) is 23.9 Å². The first-order valence-corrected chi connectivity index (χ1v) is 19.0. The van der Waals surface area contributed by atoms with E-state index in [1.807, 2.05) is 18.2 Å². The van der Waals surface area contributed by atoms with E-state index >= 15 is 0 Å². The van der Waals surface area contributed by atoms with Crippen molar-refractivity contribution < 1.29 is 14.3 Å². The Balaban J connectivity index is 1.01. The molecule has 4 aliphatic rings. The molecule has 2 aromatic heterocycles. The number of aliphatic hydroxyl groups is 1. The van der Waals surface area contributed by atoms with Crippen molar-refractivity contribution in [3.63, 3.8) is 0 Å². The fourth-order valence-corrected chi connectivity index (χ4v) is 8.50. The van der Waals surface area contributed by atoms with Gasteiger partial charge in [-0.25, -0.2) is 18.7 Å². The number of fused-ring (bicyclic) bond motifs is 2. The summed E-state index contributed by atoms with van der Waals surface area (Å²) in [6.07, 6.45) is 6.46. The van der Waals surface area contributed by atoms with Crippen LogP contribution in [-0.4, -0.2) is 110 Å². The number of β-amino-alcohol motifs (C(OH)–C–C–N with tert-alkyl or cyclic N) is 1. The van der Waals surface area contributed by atoms with Crippen molar-refractivity contribution in [3.8, 4) is 16.8 Å². The number of pyridine rings is 1. The highest BCUT2D eigenvalue weighted by atomic mass is 19.1. The molecular formula is C40H47FN8O4. The number of nitrogens with zero attached hydrogens (tertiary/aromatic N) is 7. The Bertz CT molecular complexity index is 2120. The first-order valence-electron chi connectivity index (χ1n) is 19.0. The number of hydrogen-bond acceptors (Lipinski definition) is 9. The molecule has 2 saturated heterocycles. The topological polar surface area (TPSA) is 128 Å². The average Bonchev–Trinajstić information content (AvgIpc) is 3.62. The third-order valence-corrected chi connectivity index (χ3v) is 11.4. The van der Waals surface area contributed by atoms with Crippen LogP contribution in [0.2, 0.25) is 0 Å². The lowest BCUT2D eigenvalue weighted by Gasteiger charge is -2.34. The molecule has 2 aromatic carbocycles. The predicted molar refractivity (Wildman–Crippen MR) is 202 cm³/mol. The van der Waals surface area contributed by atoms with Gasteiger partial charge < -0.3 is 15.3 Å². The maximum absolute atomic E-state index is 14.6. The van der Waals surface area contributed by atoms with Crippen LogP contribution in [-0.2, 0) is 11.3 Å². The van der Waals surface area contributed by atoms with E-state index in [0.717, 1.165) is 94.3 Å². The van der Waals surface area contributed by atoms with Crippen LogP contribution in [0.1, 0.15) is 56.6 Å². The molecule has 12 nitrogen and oxygen atoms in total. The van der Waals surface area contributed by atoms with E-state index in [0.29, 0.717) is 37.9 Å². The molecule has 1 amide bonds. The minimum atomic E-state index is -0.648. The number of carbonyl (C=O) groups excluding carboxylic acids is 1. The molecule has 0 radical (unpaired) electrons. The highest BCUT2D eigenvalue weighted by Gasteiger charge is 2.34. The number of piperazine rings is 1. The molecular weight excluding hydrogens is 675 g/mol. The lowest BCUT2D eigenvalue weighted by atomic mass is 9.90. The Morgan fingerprint density at radius 1 is 0.906 bits per heavy atom. The highest BCUT2D eigenvalue weighted by Crippen LogP contribution is 2.29. The summed E-state index contributed by atoms with van der Waals surface area (Å²) in [7, 11) is 0. The third-order valence-electron chi connectivity index (χ3n) is 11.4. The van der Waals surface area contributed by atoms with E-state index in [-0.39, 0.29) is 29.6 Å². The Labute approximate surface area is 307 Å². The predicted octanol–water partition coefficient (Wildman–Crippen LogP) is 3.33. The SMILES string of the molecule is O=C(NC1CCC(n2c(=O)c3cc(F)cnc3n(-c3cccc(-c4ccc(CN5CCN(CCO)CC5)cc4)c3)c2=O)CC1)C1CN2CCCCC2=N1. The Kier molecular flexibility index (Phi) is 10.2. The van der Waals surface area contributed by atoms with Gasteiger partial charge in [0, 0.05) is 64.3 Å². The van der Waals surface area contributed by atoms with Gasteiger partial charge in [0.15, 0.2) is 5.65 Å². The second-order valence-corrected chi connectivity index (χ2v) is 14.9. The van der Waals surface area contributed by atoms with Crippen LogP contribution in [0.5, 0.6) is 0 Å². The zero-order valence-electron chi connectivity index (χ0n) is 30.0. The Morgan fingerprint density at radius 3 is 2.43 bits per heavy atom. The van der Waals surface area contributed by atoms with Crippen LogP contribution in [0.15, 0.2) is 75.4 Å². The van der Waals surface area contributed by atoms with Crippen LogP contribution in [0, 0.1) is 5.82 Å². The van der Waals surface area contributed by atoms with Gasteiger partial charge in [-0.2, -0.15) is 0 Å². The molecule has 5 heterocycles. The van der Waals surface area contributed by atoms with Crippen LogP contribution >= 0.6 is 0 Å². The number of benzene rings is 2. The van der Waals surface area contributed by atoms with Gasteiger partial charge in [0.25, 0.3) is 5.56 Å². The summed E-state index contributed by atoms with van der Waals surface area (Å²) in [5.74, 6) is 0.327. The van der Waals surface area contributed by atoms with Crippen molar-refractivity contribution >= 4 is 22.8 Å². The minimum Gasteiger partial charge on any atom is -0.395 e. The number of aliphatic hydroxyl groups excluding tert-OH is 1. The summed E-state index contributed by atoms with van der Waals surface area (Å²) in [5.41, 5.74) is 2.66. The monoisotopic (exact) mass is 722 g/mol. The van der Waals surface area contributed by atoms with E-state index in [1.165, 1.54) is 14.7 Å². The highest BCUT2D eigenvalue weighted by molar-refractivity contribution is 5.92. The number of halogens is 1. The first-order chi connectivity index (χ1) is 25.8. The third kappa shape index (κ3) is 7.42. The second kappa shape index (κ2) is 15.3. The molecule has 278 valence electrons. The number of aliphatic imine (C=N–C) groups is 1. The minimum absolute atomic E-state index is 0.0452. The van der Waals surface area contributed by atoms with E-state index in [4.69, 9.17) is 0 Å². The maximum Gasteiger partial charge on any atom is 0.337 e. The molecule has 1 unspecified atom stereocenters. The van der Waals surface area contributed by atoms with E-state index < -0.39 is 29.1 Å². The first kappa shape index (κ1) is 35.3. The fraction of sp³-hybridized carbons (Fsp3) is 0.475. The number of amides is 1. The molecule has 13 heteroatoms. The molecule has 1 saturated carbocycles. The van der Waals surface area contributed by atoms with Gasteiger partial charge in [0.1, 0.15) is 17.7 Å². The van der Waals surface area contributed by atoms with Gasteiger partial charge in [0.05, 0.1) is 30.4 Å². The molecule has 3 fully saturated rings. The van der Waals surface area contributed by atoms with Crippen LogP contribution in [0.3, 0.4) is 0 Å². The molecule has 53 heavy (non-hydrogen) atoms. The van der Waals surface area contributed by atoms with Crippen LogP contribution in [0.4, 0.5) is 4.39 Å². The quantitative estimate of drug-likeness (QED) is 0.270. The number of piperidine rings is 1. The van der Waals surface area contributed by atoms with E-state index in [1.54, 1.807) is 6.07 Å². The summed E-state index contributed by atoms with van der Waals surface area (Å²) in [6, 6.07) is 16.3. The van der Waals surface area contributed by atoms with Crippen molar-refractivity contribution in [3.05, 3.63) is 93.0 Å². The smallest absolute Gasteiger partial charge is 0.337 e. The maximum atomic E-state index is 14.6.